The van der Waals surface area contributed by atoms with E-state index in [9.17, 15) is 0 Å². The van der Waals surface area contributed by atoms with Gasteiger partial charge in [-0.1, -0.05) is 57.0 Å². The average Bonchev–Trinajstić information content (AvgIpc) is 2.45. The zero-order chi connectivity index (χ0) is 13.4. The zero-order valence-corrected chi connectivity index (χ0v) is 11.9. The van der Waals surface area contributed by atoms with Crippen LogP contribution >= 0.6 is 0 Å². The van der Waals surface area contributed by atoms with E-state index in [4.69, 9.17) is 6.42 Å². The lowest BCUT2D eigenvalue weighted by Gasteiger charge is -2.38. The lowest BCUT2D eigenvalue weighted by atomic mass is 9.70. The Balaban J connectivity index is 3.09. The molecular formula is C17H25N. The molecule has 98 valence electrons. The molecule has 18 heavy (non-hydrogen) atoms. The minimum Gasteiger partial charge on any atom is -0.303 e. The maximum Gasteiger partial charge on any atom is 0.0784 e. The van der Waals surface area contributed by atoms with Crippen LogP contribution in [0, 0.1) is 12.3 Å². The second-order valence-electron chi connectivity index (χ2n) is 4.78. The Bertz CT molecular complexity index is 370. The van der Waals surface area contributed by atoms with Crippen LogP contribution in [-0.2, 0) is 5.41 Å². The fourth-order valence-corrected chi connectivity index (χ4v) is 2.71. The van der Waals surface area contributed by atoms with Crippen molar-refractivity contribution in [1.82, 2.24) is 5.32 Å². The minimum absolute atomic E-state index is 0.0468. The summed E-state index contributed by atoms with van der Waals surface area (Å²) in [5, 5.41) is 3.52. The molecular weight excluding hydrogens is 218 g/mol. The van der Waals surface area contributed by atoms with Gasteiger partial charge >= 0.3 is 0 Å². The molecule has 1 aromatic rings. The van der Waals surface area contributed by atoms with Gasteiger partial charge in [0.1, 0.15) is 0 Å². The molecule has 1 heteroatoms. The summed E-state index contributed by atoms with van der Waals surface area (Å²) in [7, 11) is 0. The van der Waals surface area contributed by atoms with Gasteiger partial charge in [-0.15, -0.1) is 6.42 Å². The summed E-state index contributed by atoms with van der Waals surface area (Å²) >= 11 is 0. The van der Waals surface area contributed by atoms with E-state index in [1.54, 1.807) is 0 Å². The van der Waals surface area contributed by atoms with E-state index >= 15 is 0 Å². The predicted octanol–water partition coefficient (Wildman–Crippen LogP) is 3.75. The summed E-state index contributed by atoms with van der Waals surface area (Å²) in [6.45, 7) is 7.61. The van der Waals surface area contributed by atoms with Crippen molar-refractivity contribution < 1.29 is 0 Å². The first-order chi connectivity index (χ1) is 8.75. The van der Waals surface area contributed by atoms with Crippen LogP contribution in [0.1, 0.15) is 45.6 Å². The summed E-state index contributed by atoms with van der Waals surface area (Å²) < 4.78 is 0. The van der Waals surface area contributed by atoms with Crippen LogP contribution < -0.4 is 5.32 Å². The molecule has 0 radical (unpaired) electrons. The molecule has 0 fully saturated rings. The van der Waals surface area contributed by atoms with Crippen LogP contribution in [0.3, 0.4) is 0 Å². The summed E-state index contributed by atoms with van der Waals surface area (Å²) in [5.41, 5.74) is 1.40. The number of hydrogen-bond acceptors (Lipinski definition) is 1. The lowest BCUT2D eigenvalue weighted by Crippen LogP contribution is -2.47. The minimum atomic E-state index is 0.0468. The van der Waals surface area contributed by atoms with Crippen molar-refractivity contribution in [3.63, 3.8) is 0 Å². The zero-order valence-electron chi connectivity index (χ0n) is 11.9. The number of hydrogen-bond donors (Lipinski definition) is 1. The maximum absolute atomic E-state index is 5.78. The Morgan fingerprint density at radius 2 is 1.78 bits per heavy atom. The molecule has 0 spiro atoms. The molecule has 1 N–H and O–H groups in total. The van der Waals surface area contributed by atoms with Gasteiger partial charge in [-0.3, -0.25) is 0 Å². The molecule has 1 unspecified atom stereocenters. The molecule has 0 bridgehead atoms. The van der Waals surface area contributed by atoms with Gasteiger partial charge in [0.2, 0.25) is 0 Å². The molecule has 0 amide bonds. The van der Waals surface area contributed by atoms with Gasteiger partial charge in [-0.25, -0.2) is 0 Å². The van der Waals surface area contributed by atoms with Gasteiger partial charge in [-0.2, -0.15) is 0 Å². The van der Waals surface area contributed by atoms with Gasteiger partial charge in [0.25, 0.3) is 0 Å². The Labute approximate surface area is 112 Å². The van der Waals surface area contributed by atoms with Crippen molar-refractivity contribution in [3.8, 4) is 12.3 Å². The third kappa shape index (κ3) is 2.94. The predicted molar refractivity (Wildman–Crippen MR) is 79.6 cm³/mol. The Kier molecular flexibility index (Phi) is 5.95. The summed E-state index contributed by atoms with van der Waals surface area (Å²) in [5.74, 6) is 2.97. The highest BCUT2D eigenvalue weighted by Crippen LogP contribution is 2.35. The first-order valence-electron chi connectivity index (χ1n) is 7.00. The quantitative estimate of drug-likeness (QED) is 0.719. The van der Waals surface area contributed by atoms with E-state index in [1.807, 2.05) is 0 Å². The molecule has 0 aliphatic heterocycles. The molecule has 0 saturated heterocycles. The average molecular weight is 243 g/mol. The van der Waals surface area contributed by atoms with E-state index < -0.39 is 0 Å². The number of terminal acetylenes is 1. The van der Waals surface area contributed by atoms with Gasteiger partial charge in [-0.05, 0) is 31.4 Å². The fraction of sp³-hybridized carbons (Fsp3) is 0.529. The number of rotatable bonds is 7. The highest BCUT2D eigenvalue weighted by atomic mass is 14.9. The molecule has 0 heterocycles. The van der Waals surface area contributed by atoms with Crippen molar-refractivity contribution in [1.29, 1.82) is 0 Å². The van der Waals surface area contributed by atoms with Crippen LogP contribution in [0.5, 0.6) is 0 Å². The largest absolute Gasteiger partial charge is 0.303 e. The normalized spacial score (nSPS) is 13.0. The topological polar surface area (TPSA) is 12.0 Å². The summed E-state index contributed by atoms with van der Waals surface area (Å²) in [6, 6.07) is 10.8. The third-order valence-corrected chi connectivity index (χ3v) is 3.93. The van der Waals surface area contributed by atoms with Crippen molar-refractivity contribution in [3.05, 3.63) is 35.9 Å². The molecule has 0 saturated carbocycles. The standard InChI is InChI=1S/C17H25N/c1-5-14-18-16(6-2)17(7-3,8-4)15-12-10-9-11-13-15/h2,9-13,16,18H,5,7-8,14H2,1,3-4H3. The fourth-order valence-electron chi connectivity index (χ4n) is 2.71. The van der Waals surface area contributed by atoms with E-state index in [-0.39, 0.29) is 11.5 Å². The van der Waals surface area contributed by atoms with Gasteiger partial charge in [0.05, 0.1) is 6.04 Å². The van der Waals surface area contributed by atoms with Crippen molar-refractivity contribution in [2.24, 2.45) is 0 Å². The highest BCUT2D eigenvalue weighted by molar-refractivity contribution is 5.31. The number of nitrogens with one attached hydrogen (secondary N) is 1. The highest BCUT2D eigenvalue weighted by Gasteiger charge is 2.35. The molecule has 1 rings (SSSR count). The van der Waals surface area contributed by atoms with Crippen LogP contribution in [0.25, 0.3) is 0 Å². The Hall–Kier alpha value is -1.26. The second kappa shape index (κ2) is 7.24. The SMILES string of the molecule is C#CC(NCCC)C(CC)(CC)c1ccccc1. The first kappa shape index (κ1) is 14.8. The van der Waals surface area contributed by atoms with Crippen LogP contribution in [-0.4, -0.2) is 12.6 Å². The molecule has 0 aliphatic rings. The first-order valence-corrected chi connectivity index (χ1v) is 7.00. The maximum atomic E-state index is 5.78. The van der Waals surface area contributed by atoms with E-state index in [0.717, 1.165) is 25.8 Å². The Morgan fingerprint density at radius 1 is 1.17 bits per heavy atom. The van der Waals surface area contributed by atoms with Crippen molar-refractivity contribution in [2.45, 2.75) is 51.5 Å². The molecule has 1 atom stereocenters. The molecule has 0 aliphatic carbocycles. The lowest BCUT2D eigenvalue weighted by molar-refractivity contribution is 0.319. The second-order valence-corrected chi connectivity index (χ2v) is 4.78. The molecule has 1 aromatic carbocycles. The summed E-state index contributed by atoms with van der Waals surface area (Å²) in [4.78, 5) is 0. The monoisotopic (exact) mass is 243 g/mol. The third-order valence-electron chi connectivity index (χ3n) is 3.93. The van der Waals surface area contributed by atoms with E-state index in [0.29, 0.717) is 0 Å². The van der Waals surface area contributed by atoms with Crippen molar-refractivity contribution >= 4 is 0 Å². The van der Waals surface area contributed by atoms with Gasteiger partial charge in [0, 0.05) is 5.41 Å². The summed E-state index contributed by atoms with van der Waals surface area (Å²) in [6.07, 6.45) is 8.99. The smallest absolute Gasteiger partial charge is 0.0784 e. The van der Waals surface area contributed by atoms with Crippen LogP contribution in [0.2, 0.25) is 0 Å². The number of benzene rings is 1. The Morgan fingerprint density at radius 3 is 2.22 bits per heavy atom. The van der Waals surface area contributed by atoms with Gasteiger partial charge < -0.3 is 5.32 Å². The molecule has 1 nitrogen and oxygen atoms in total. The van der Waals surface area contributed by atoms with Crippen LogP contribution in [0.15, 0.2) is 30.3 Å². The molecule has 0 aromatic heterocycles. The van der Waals surface area contributed by atoms with Crippen LogP contribution in [0.4, 0.5) is 0 Å². The van der Waals surface area contributed by atoms with Gasteiger partial charge in [0.15, 0.2) is 0 Å². The van der Waals surface area contributed by atoms with E-state index in [2.05, 4.69) is 62.3 Å². The van der Waals surface area contributed by atoms with Crippen molar-refractivity contribution in [2.75, 3.05) is 6.54 Å². The van der Waals surface area contributed by atoms with E-state index in [1.165, 1.54) is 5.56 Å².